The summed E-state index contributed by atoms with van der Waals surface area (Å²) in [5, 5.41) is 0. The van der Waals surface area contributed by atoms with E-state index in [-0.39, 0.29) is 34.4 Å². The summed E-state index contributed by atoms with van der Waals surface area (Å²) in [7, 11) is 0. The number of carbonyl (C=O) groups is 2. The molecule has 0 heterocycles. The number of alkyl halides is 1. The normalized spacial score (nSPS) is 44.2. The van der Waals surface area contributed by atoms with E-state index in [2.05, 4.69) is 27.4 Å². The third kappa shape index (κ3) is 2.51. The van der Waals surface area contributed by atoms with Gasteiger partial charge in [-0.3, -0.25) is 14.0 Å². The Morgan fingerprint density at radius 2 is 1.81 bits per heavy atom. The molecule has 0 aliphatic heterocycles. The maximum Gasteiger partial charge on any atom is 0.169 e. The van der Waals surface area contributed by atoms with Gasteiger partial charge in [0.05, 0.1) is 11.6 Å². The number of Topliss-reactive ketones (excluding diaryl/α,β-unsaturated/α-hetero) is 2. The Morgan fingerprint density at radius 1 is 1.11 bits per heavy atom. The predicted molar refractivity (Wildman–Crippen MR) is 108 cm³/mol. The van der Waals surface area contributed by atoms with Gasteiger partial charge in [-0.05, 0) is 65.8 Å². The SMILES string of the molecule is C=C1C2=C(SCC)C(=O)CC[C@]2(C)[C@H]2CC[C@]3(C)C(=O)CC[C@H]3[C@@H]2[C@@H]1CF. The van der Waals surface area contributed by atoms with Gasteiger partial charge in [0.15, 0.2) is 5.78 Å². The van der Waals surface area contributed by atoms with Crippen molar-refractivity contribution in [3.05, 3.63) is 22.6 Å². The van der Waals surface area contributed by atoms with Gasteiger partial charge in [-0.15, -0.1) is 11.8 Å². The molecule has 0 aromatic rings. The molecule has 27 heavy (non-hydrogen) atoms. The summed E-state index contributed by atoms with van der Waals surface area (Å²) in [5.74, 6) is 1.99. The van der Waals surface area contributed by atoms with Crippen LogP contribution in [0, 0.1) is 34.5 Å². The van der Waals surface area contributed by atoms with Crippen LogP contribution in [0.4, 0.5) is 4.39 Å². The van der Waals surface area contributed by atoms with E-state index in [4.69, 9.17) is 0 Å². The molecule has 0 unspecified atom stereocenters. The highest BCUT2D eigenvalue weighted by Crippen LogP contribution is 2.67. The topological polar surface area (TPSA) is 34.1 Å². The summed E-state index contributed by atoms with van der Waals surface area (Å²) < 4.78 is 14.4. The van der Waals surface area contributed by atoms with Crippen LogP contribution in [0.3, 0.4) is 0 Å². The number of ketones is 2. The fourth-order valence-electron chi connectivity index (χ4n) is 7.08. The summed E-state index contributed by atoms with van der Waals surface area (Å²) in [4.78, 5) is 26.2. The summed E-state index contributed by atoms with van der Waals surface area (Å²) in [6.45, 7) is 10.4. The monoisotopic (exact) mass is 390 g/mol. The highest BCUT2D eigenvalue weighted by molar-refractivity contribution is 8.04. The number of hydrogen-bond acceptors (Lipinski definition) is 3. The van der Waals surface area contributed by atoms with Gasteiger partial charge >= 0.3 is 0 Å². The highest BCUT2D eigenvalue weighted by atomic mass is 32.2. The van der Waals surface area contributed by atoms with Crippen molar-refractivity contribution in [2.75, 3.05) is 12.4 Å². The van der Waals surface area contributed by atoms with Crippen molar-refractivity contribution in [3.63, 3.8) is 0 Å². The number of rotatable bonds is 3. The molecule has 0 aromatic heterocycles. The van der Waals surface area contributed by atoms with Crippen LogP contribution in [-0.2, 0) is 9.59 Å². The van der Waals surface area contributed by atoms with Gasteiger partial charge in [0, 0.05) is 24.2 Å². The van der Waals surface area contributed by atoms with Crippen molar-refractivity contribution in [2.45, 2.75) is 59.3 Å². The maximum atomic E-state index is 14.4. The molecule has 2 nitrogen and oxygen atoms in total. The summed E-state index contributed by atoms with van der Waals surface area (Å²) >= 11 is 1.61. The Hall–Kier alpha value is -0.900. The minimum atomic E-state index is -0.432. The summed E-state index contributed by atoms with van der Waals surface area (Å²) in [5.41, 5.74) is 1.54. The molecule has 148 valence electrons. The number of carbonyl (C=O) groups excluding carboxylic acids is 2. The molecule has 4 heteroatoms. The van der Waals surface area contributed by atoms with Crippen LogP contribution in [0.1, 0.15) is 59.3 Å². The molecule has 6 atom stereocenters. The average Bonchev–Trinajstić information content (AvgIpc) is 2.94. The third-order valence-corrected chi connectivity index (χ3v) is 9.48. The third-order valence-electron chi connectivity index (χ3n) is 8.47. The predicted octanol–water partition coefficient (Wildman–Crippen LogP) is 5.53. The second-order valence-corrected chi connectivity index (χ2v) is 10.7. The first-order valence-electron chi connectivity index (χ1n) is 10.5. The number of thioether (sulfide) groups is 1. The van der Waals surface area contributed by atoms with E-state index >= 15 is 0 Å². The fourth-order valence-corrected chi connectivity index (χ4v) is 8.14. The van der Waals surface area contributed by atoms with Gasteiger partial charge in [0.25, 0.3) is 0 Å². The molecule has 3 saturated carbocycles. The molecular formula is C23H31FO2S. The molecule has 0 amide bonds. The number of allylic oxidation sites excluding steroid dienone is 2. The zero-order valence-corrected chi connectivity index (χ0v) is 17.6. The van der Waals surface area contributed by atoms with Gasteiger partial charge < -0.3 is 0 Å². The van der Waals surface area contributed by atoms with Gasteiger partial charge in [-0.2, -0.15) is 0 Å². The van der Waals surface area contributed by atoms with Crippen molar-refractivity contribution in [1.29, 1.82) is 0 Å². The number of halogens is 1. The van der Waals surface area contributed by atoms with Gasteiger partial charge in [0.1, 0.15) is 5.78 Å². The molecule has 0 aromatic carbocycles. The Kier molecular flexibility index (Phi) is 4.73. The number of hydrogen-bond donors (Lipinski definition) is 0. The smallest absolute Gasteiger partial charge is 0.169 e. The van der Waals surface area contributed by atoms with Crippen molar-refractivity contribution < 1.29 is 14.0 Å². The van der Waals surface area contributed by atoms with Gasteiger partial charge in [-0.1, -0.05) is 27.4 Å². The first kappa shape index (κ1) is 19.4. The molecule has 4 aliphatic carbocycles. The van der Waals surface area contributed by atoms with Crippen LogP contribution in [0.15, 0.2) is 22.6 Å². The maximum absolute atomic E-state index is 14.4. The lowest BCUT2D eigenvalue weighted by Crippen LogP contribution is -2.55. The quantitative estimate of drug-likeness (QED) is 0.635. The van der Waals surface area contributed by atoms with Crippen molar-refractivity contribution in [3.8, 4) is 0 Å². The van der Waals surface area contributed by atoms with Crippen LogP contribution in [-0.4, -0.2) is 24.0 Å². The molecule has 0 saturated heterocycles. The van der Waals surface area contributed by atoms with Crippen molar-refractivity contribution in [1.82, 2.24) is 0 Å². The molecule has 0 spiro atoms. The largest absolute Gasteiger partial charge is 0.299 e. The minimum absolute atomic E-state index is 0.105. The zero-order valence-electron chi connectivity index (χ0n) is 16.8. The standard InChI is InChI=1S/C23H31FO2S/c1-5-27-21-17(25)9-11-23(4)16-8-10-22(3)15(6-7-18(22)26)19(16)14(12-24)13(2)20(21)23/h14-16,19H,2,5-12H2,1,3-4H3/t14-,15+,16+,19+,22+,23-/m1/s1. The lowest BCUT2D eigenvalue weighted by Gasteiger charge is -2.60. The Labute approximate surface area is 166 Å². The first-order chi connectivity index (χ1) is 12.8. The Morgan fingerprint density at radius 3 is 2.48 bits per heavy atom. The molecule has 4 aliphatic rings. The second-order valence-electron chi connectivity index (χ2n) is 9.47. The average molecular weight is 391 g/mol. The minimum Gasteiger partial charge on any atom is -0.299 e. The molecule has 0 bridgehead atoms. The van der Waals surface area contributed by atoms with Crippen LogP contribution < -0.4 is 0 Å². The lowest BCUT2D eigenvalue weighted by molar-refractivity contribution is -0.134. The van der Waals surface area contributed by atoms with E-state index < -0.39 is 6.67 Å². The first-order valence-corrected chi connectivity index (χ1v) is 11.5. The Bertz CT molecular complexity index is 741. The molecule has 0 radical (unpaired) electrons. The fraction of sp³-hybridized carbons (Fsp3) is 0.739. The molecule has 3 fully saturated rings. The van der Waals surface area contributed by atoms with Crippen molar-refractivity contribution >= 4 is 23.3 Å². The molecule has 0 N–H and O–H groups in total. The second kappa shape index (κ2) is 6.57. The van der Waals surface area contributed by atoms with Crippen molar-refractivity contribution in [2.24, 2.45) is 34.5 Å². The Balaban J connectivity index is 1.86. The number of fused-ring (bicyclic) bond motifs is 5. The molecule has 4 rings (SSSR count). The highest BCUT2D eigenvalue weighted by Gasteiger charge is 2.62. The summed E-state index contributed by atoms with van der Waals surface area (Å²) in [6.07, 6.45) is 4.84. The lowest BCUT2D eigenvalue weighted by atomic mass is 9.44. The van der Waals surface area contributed by atoms with Crippen LogP contribution in [0.5, 0.6) is 0 Å². The van der Waals surface area contributed by atoms with Gasteiger partial charge in [-0.25, -0.2) is 0 Å². The zero-order chi connectivity index (χ0) is 19.6. The van der Waals surface area contributed by atoms with Crippen LogP contribution in [0.2, 0.25) is 0 Å². The van der Waals surface area contributed by atoms with Crippen LogP contribution in [0.25, 0.3) is 0 Å². The summed E-state index contributed by atoms with van der Waals surface area (Å²) in [6, 6.07) is 0. The van der Waals surface area contributed by atoms with Gasteiger partial charge in [0.2, 0.25) is 0 Å². The van der Waals surface area contributed by atoms with E-state index in [0.717, 1.165) is 47.5 Å². The van der Waals surface area contributed by atoms with E-state index in [0.29, 0.717) is 24.5 Å². The van der Waals surface area contributed by atoms with E-state index in [1.807, 2.05) is 0 Å². The molecular weight excluding hydrogens is 359 g/mol. The van der Waals surface area contributed by atoms with E-state index in [9.17, 15) is 14.0 Å². The van der Waals surface area contributed by atoms with E-state index in [1.165, 1.54) is 0 Å². The van der Waals surface area contributed by atoms with Crippen LogP contribution >= 0.6 is 11.8 Å². The van der Waals surface area contributed by atoms with E-state index in [1.54, 1.807) is 11.8 Å².